The maximum atomic E-state index is 13.8. The molecule has 0 aliphatic heterocycles. The molecule has 1 heteroatoms. The highest BCUT2D eigenvalue weighted by molar-refractivity contribution is 5.83. The van der Waals surface area contributed by atoms with Crippen molar-refractivity contribution in [1.29, 1.82) is 0 Å². The van der Waals surface area contributed by atoms with E-state index in [1.165, 1.54) is 167 Å². The Balaban J connectivity index is 4.79. The fourth-order valence-corrected chi connectivity index (χ4v) is 5.52. The van der Waals surface area contributed by atoms with Crippen molar-refractivity contribution in [3.63, 3.8) is 0 Å². The molecule has 1 nitrogen and oxygen atoms in total. The fourth-order valence-electron chi connectivity index (χ4n) is 5.52. The first-order valence-corrected chi connectivity index (χ1v) is 16.2. The van der Waals surface area contributed by atoms with Crippen LogP contribution in [0.2, 0.25) is 0 Å². The summed E-state index contributed by atoms with van der Waals surface area (Å²) < 4.78 is 0. The lowest BCUT2D eigenvalue weighted by atomic mass is 9.80. The van der Waals surface area contributed by atoms with Crippen molar-refractivity contribution in [3.05, 3.63) is 0 Å². The first-order chi connectivity index (χ1) is 16.7. The van der Waals surface area contributed by atoms with E-state index in [0.29, 0.717) is 17.6 Å². The summed E-state index contributed by atoms with van der Waals surface area (Å²) in [6.07, 6.45) is 34.0. The summed E-state index contributed by atoms with van der Waals surface area (Å²) in [7, 11) is 0. The molecule has 0 aliphatic rings. The van der Waals surface area contributed by atoms with E-state index in [9.17, 15) is 4.79 Å². The van der Waals surface area contributed by atoms with Gasteiger partial charge in [0.1, 0.15) is 5.78 Å². The Morgan fingerprint density at radius 3 is 0.794 bits per heavy atom. The van der Waals surface area contributed by atoms with Crippen molar-refractivity contribution in [2.45, 2.75) is 195 Å². The molecule has 0 aromatic heterocycles. The summed E-state index contributed by atoms with van der Waals surface area (Å²) in [5, 5.41) is 0. The molecule has 0 heterocycles. The predicted octanol–water partition coefficient (Wildman–Crippen LogP) is 12.0. The Morgan fingerprint density at radius 2 is 0.559 bits per heavy atom. The van der Waals surface area contributed by atoms with E-state index in [0.717, 1.165) is 0 Å². The number of hydrogen-bond donors (Lipinski definition) is 0. The highest BCUT2D eigenvalue weighted by Crippen LogP contribution is 2.28. The van der Waals surface area contributed by atoms with Crippen LogP contribution in [0.25, 0.3) is 0 Å². The van der Waals surface area contributed by atoms with E-state index in [-0.39, 0.29) is 0 Å². The van der Waals surface area contributed by atoms with Gasteiger partial charge in [-0.15, -0.1) is 0 Å². The van der Waals surface area contributed by atoms with Crippen LogP contribution in [0.5, 0.6) is 0 Å². The number of Topliss-reactive ketones (excluding diaryl/α,β-unsaturated/α-hetero) is 1. The first-order valence-electron chi connectivity index (χ1n) is 16.2. The average molecular weight is 479 g/mol. The van der Waals surface area contributed by atoms with Crippen LogP contribution < -0.4 is 0 Å². The molecule has 0 N–H and O–H groups in total. The van der Waals surface area contributed by atoms with Crippen molar-refractivity contribution in [2.75, 3.05) is 0 Å². The van der Waals surface area contributed by atoms with E-state index in [2.05, 4.69) is 27.7 Å². The lowest BCUT2D eigenvalue weighted by molar-refractivity contribution is -0.128. The van der Waals surface area contributed by atoms with Crippen LogP contribution in [0, 0.1) is 11.8 Å². The van der Waals surface area contributed by atoms with Crippen LogP contribution in [-0.2, 0) is 4.79 Å². The molecule has 0 bridgehead atoms. The van der Waals surface area contributed by atoms with E-state index in [4.69, 9.17) is 0 Å². The van der Waals surface area contributed by atoms with Crippen LogP contribution in [0.3, 0.4) is 0 Å². The number of carbonyl (C=O) groups excluding carboxylic acids is 1. The van der Waals surface area contributed by atoms with Crippen molar-refractivity contribution in [3.8, 4) is 0 Å². The zero-order valence-corrected chi connectivity index (χ0v) is 24.4. The molecule has 0 amide bonds. The molecule has 0 saturated carbocycles. The standard InChI is InChI=1S/C33H66O/c1-5-9-13-17-21-25-29-31(27-23-19-15-11-7-3)33(34)32(28-24-20-16-12-8-4)30-26-22-18-14-10-6-2/h31-32H,5-30H2,1-4H3. The minimum Gasteiger partial charge on any atom is -0.299 e. The zero-order chi connectivity index (χ0) is 25.1. The number of rotatable bonds is 28. The monoisotopic (exact) mass is 479 g/mol. The second-order valence-electron chi connectivity index (χ2n) is 11.3. The van der Waals surface area contributed by atoms with E-state index < -0.39 is 0 Å². The number of ketones is 1. The SMILES string of the molecule is CCCCCCCCC(CCCCCCC)C(=O)C(CCCCCCC)CCCCCCCC. The maximum Gasteiger partial charge on any atom is 0.139 e. The zero-order valence-electron chi connectivity index (χ0n) is 24.4. The number of unbranched alkanes of at least 4 members (excludes halogenated alkanes) is 18. The summed E-state index contributed by atoms with van der Waals surface area (Å²) >= 11 is 0. The largest absolute Gasteiger partial charge is 0.299 e. The summed E-state index contributed by atoms with van der Waals surface area (Å²) in [6, 6.07) is 0. The summed E-state index contributed by atoms with van der Waals surface area (Å²) in [6.45, 7) is 9.16. The second kappa shape index (κ2) is 27.3. The van der Waals surface area contributed by atoms with Gasteiger partial charge in [-0.05, 0) is 25.7 Å². The Kier molecular flexibility index (Phi) is 27.0. The van der Waals surface area contributed by atoms with Crippen LogP contribution >= 0.6 is 0 Å². The Bertz CT molecular complexity index is 365. The molecule has 0 radical (unpaired) electrons. The topological polar surface area (TPSA) is 17.1 Å². The Morgan fingerprint density at radius 1 is 0.353 bits per heavy atom. The van der Waals surface area contributed by atoms with Gasteiger partial charge in [-0.2, -0.15) is 0 Å². The molecule has 2 atom stereocenters. The lowest BCUT2D eigenvalue weighted by Crippen LogP contribution is -2.24. The summed E-state index contributed by atoms with van der Waals surface area (Å²) in [5.41, 5.74) is 0. The van der Waals surface area contributed by atoms with Crippen LogP contribution in [0.4, 0.5) is 0 Å². The minimum atomic E-state index is 0.355. The highest BCUT2D eigenvalue weighted by atomic mass is 16.1. The Labute approximate surface area is 217 Å². The quantitative estimate of drug-likeness (QED) is 0.102. The third-order valence-electron chi connectivity index (χ3n) is 7.93. The third-order valence-corrected chi connectivity index (χ3v) is 7.93. The highest BCUT2D eigenvalue weighted by Gasteiger charge is 2.25. The molecule has 0 spiro atoms. The van der Waals surface area contributed by atoms with Gasteiger partial charge in [0.25, 0.3) is 0 Å². The first kappa shape index (κ1) is 33.7. The minimum absolute atomic E-state index is 0.355. The van der Waals surface area contributed by atoms with Crippen molar-refractivity contribution in [1.82, 2.24) is 0 Å². The van der Waals surface area contributed by atoms with Crippen molar-refractivity contribution < 1.29 is 4.79 Å². The summed E-state index contributed by atoms with van der Waals surface area (Å²) in [4.78, 5) is 13.8. The van der Waals surface area contributed by atoms with Gasteiger partial charge in [-0.1, -0.05) is 169 Å². The van der Waals surface area contributed by atoms with Gasteiger partial charge in [0.05, 0.1) is 0 Å². The smallest absolute Gasteiger partial charge is 0.139 e. The van der Waals surface area contributed by atoms with Crippen LogP contribution in [0.15, 0.2) is 0 Å². The predicted molar refractivity (Wildman–Crippen MR) is 155 cm³/mol. The van der Waals surface area contributed by atoms with Gasteiger partial charge in [-0.3, -0.25) is 4.79 Å². The number of carbonyl (C=O) groups is 1. The molecule has 0 fully saturated rings. The molecule has 2 unspecified atom stereocenters. The van der Waals surface area contributed by atoms with Crippen molar-refractivity contribution >= 4 is 5.78 Å². The van der Waals surface area contributed by atoms with Gasteiger partial charge in [0, 0.05) is 11.8 Å². The molecule has 0 rings (SSSR count). The van der Waals surface area contributed by atoms with E-state index in [1.54, 1.807) is 0 Å². The van der Waals surface area contributed by atoms with Gasteiger partial charge < -0.3 is 0 Å². The molecule has 0 aromatic carbocycles. The normalized spacial score (nSPS) is 13.3. The van der Waals surface area contributed by atoms with Gasteiger partial charge in [0.15, 0.2) is 0 Å². The molecule has 204 valence electrons. The Hall–Kier alpha value is -0.330. The molecule has 0 aromatic rings. The van der Waals surface area contributed by atoms with E-state index >= 15 is 0 Å². The van der Waals surface area contributed by atoms with Gasteiger partial charge in [0.2, 0.25) is 0 Å². The summed E-state index contributed by atoms with van der Waals surface area (Å²) in [5.74, 6) is 1.38. The lowest BCUT2D eigenvalue weighted by Gasteiger charge is -2.23. The number of hydrogen-bond acceptors (Lipinski definition) is 1. The molecular formula is C33H66O. The van der Waals surface area contributed by atoms with Crippen LogP contribution in [0.1, 0.15) is 195 Å². The molecule has 0 aliphatic carbocycles. The maximum absolute atomic E-state index is 13.8. The third kappa shape index (κ3) is 21.0. The fraction of sp³-hybridized carbons (Fsp3) is 0.970. The van der Waals surface area contributed by atoms with Crippen molar-refractivity contribution in [2.24, 2.45) is 11.8 Å². The van der Waals surface area contributed by atoms with Gasteiger partial charge >= 0.3 is 0 Å². The molecule has 0 saturated heterocycles. The molecular weight excluding hydrogens is 412 g/mol. The molecule has 34 heavy (non-hydrogen) atoms. The van der Waals surface area contributed by atoms with E-state index in [1.807, 2.05) is 0 Å². The van der Waals surface area contributed by atoms with Gasteiger partial charge in [-0.25, -0.2) is 0 Å². The average Bonchev–Trinajstić information content (AvgIpc) is 2.85. The van der Waals surface area contributed by atoms with Crippen LogP contribution in [-0.4, -0.2) is 5.78 Å². The second-order valence-corrected chi connectivity index (χ2v) is 11.3.